The number of carbonyl (C=O) groups excluding carboxylic acids is 2. The summed E-state index contributed by atoms with van der Waals surface area (Å²) >= 11 is 0. The highest BCUT2D eigenvalue weighted by molar-refractivity contribution is 5.74. The van der Waals surface area contributed by atoms with Gasteiger partial charge in [-0.2, -0.15) is 0 Å². The molecule has 0 spiro atoms. The molecule has 1 heterocycles. The van der Waals surface area contributed by atoms with Crippen LogP contribution in [0.3, 0.4) is 0 Å². The van der Waals surface area contributed by atoms with Crippen molar-refractivity contribution in [3.63, 3.8) is 0 Å². The molecule has 2 fully saturated rings. The minimum absolute atomic E-state index is 0.0241. The van der Waals surface area contributed by atoms with E-state index in [2.05, 4.69) is 4.90 Å². The van der Waals surface area contributed by atoms with Gasteiger partial charge >= 0.3 is 12.0 Å². The Bertz CT molecular complexity index is 441. The molecule has 2 amide bonds. The number of hydrogen-bond acceptors (Lipinski definition) is 5. The second-order valence-corrected chi connectivity index (χ2v) is 7.88. The second kappa shape index (κ2) is 7.70. The van der Waals surface area contributed by atoms with Crippen molar-refractivity contribution in [1.82, 2.24) is 14.7 Å². The normalized spacial score (nSPS) is 26.6. The number of rotatable bonds is 4. The van der Waals surface area contributed by atoms with Crippen molar-refractivity contribution >= 4 is 12.0 Å². The van der Waals surface area contributed by atoms with E-state index < -0.39 is 5.60 Å². The topological polar surface area (TPSA) is 62.3 Å². The summed E-state index contributed by atoms with van der Waals surface area (Å²) in [5.41, 5.74) is -0.470. The molecule has 24 heavy (non-hydrogen) atoms. The Morgan fingerprint density at radius 2 is 1.62 bits per heavy atom. The molecule has 2 aliphatic rings. The van der Waals surface area contributed by atoms with Crippen LogP contribution in [0.1, 0.15) is 46.5 Å². The molecule has 0 N–H and O–H groups in total. The van der Waals surface area contributed by atoms with Crippen molar-refractivity contribution in [3.8, 4) is 0 Å². The summed E-state index contributed by atoms with van der Waals surface area (Å²) in [6.07, 6.45) is 4.04. The van der Waals surface area contributed by atoms with Crippen molar-refractivity contribution in [3.05, 3.63) is 0 Å². The molecule has 0 unspecified atom stereocenters. The molecule has 0 atom stereocenters. The predicted molar refractivity (Wildman–Crippen MR) is 90.3 cm³/mol. The predicted octanol–water partition coefficient (Wildman–Crippen LogP) is 1.87. The first-order chi connectivity index (χ1) is 11.2. The third-order valence-electron chi connectivity index (χ3n) is 4.46. The maximum absolute atomic E-state index is 11.8. The van der Waals surface area contributed by atoms with Crippen LogP contribution in [-0.4, -0.2) is 78.5 Å². The number of esters is 1. The lowest BCUT2D eigenvalue weighted by atomic mass is 9.92. The highest BCUT2D eigenvalue weighted by Gasteiger charge is 2.32. The lowest BCUT2D eigenvalue weighted by Crippen LogP contribution is -2.58. The smallest absolute Gasteiger partial charge is 0.332 e. The second-order valence-electron chi connectivity index (χ2n) is 7.88. The fourth-order valence-electron chi connectivity index (χ4n) is 3.37. The van der Waals surface area contributed by atoms with Gasteiger partial charge in [-0.05, 0) is 46.5 Å². The SMILES string of the molecule is CN1CN([C@H]2CC[C@H](OCC(=O)OC(C)(C)C)CC2)CN(C)C1=O. The van der Waals surface area contributed by atoms with Crippen LogP contribution in [0.2, 0.25) is 0 Å². The van der Waals surface area contributed by atoms with Gasteiger partial charge in [-0.25, -0.2) is 9.59 Å². The first-order valence-corrected chi connectivity index (χ1v) is 8.69. The first-order valence-electron chi connectivity index (χ1n) is 8.69. The zero-order chi connectivity index (χ0) is 17.9. The van der Waals surface area contributed by atoms with E-state index in [9.17, 15) is 9.59 Å². The summed E-state index contributed by atoms with van der Waals surface area (Å²) in [6, 6.07) is 0.532. The first kappa shape index (κ1) is 19.0. The molecule has 1 aliphatic carbocycles. The van der Waals surface area contributed by atoms with Crippen LogP contribution in [-0.2, 0) is 14.3 Å². The van der Waals surface area contributed by atoms with Crippen LogP contribution >= 0.6 is 0 Å². The third-order valence-corrected chi connectivity index (χ3v) is 4.46. The van der Waals surface area contributed by atoms with Gasteiger partial charge in [0.25, 0.3) is 0 Å². The van der Waals surface area contributed by atoms with Gasteiger partial charge in [0.15, 0.2) is 0 Å². The minimum Gasteiger partial charge on any atom is -0.458 e. The maximum Gasteiger partial charge on any atom is 0.332 e. The number of nitrogens with zero attached hydrogens (tertiary/aromatic N) is 3. The van der Waals surface area contributed by atoms with E-state index in [1.807, 2.05) is 34.9 Å². The average molecular weight is 341 g/mol. The molecule has 1 aliphatic heterocycles. The number of urea groups is 1. The Balaban J connectivity index is 1.72. The zero-order valence-corrected chi connectivity index (χ0v) is 15.6. The van der Waals surface area contributed by atoms with Crippen LogP contribution in [0, 0.1) is 0 Å². The minimum atomic E-state index is -0.470. The standard InChI is InChI=1S/C17H31N3O4/c1-17(2,3)24-15(21)10-23-14-8-6-13(7-9-14)20-11-18(4)16(22)19(5)12-20/h13-14H,6-12H2,1-5H3/t13-,14-. The molecule has 7 heteroatoms. The Kier molecular flexibility index (Phi) is 6.09. The number of ether oxygens (including phenoxy) is 2. The summed E-state index contributed by atoms with van der Waals surface area (Å²) < 4.78 is 11.0. The van der Waals surface area contributed by atoms with Gasteiger partial charge in [0, 0.05) is 20.1 Å². The lowest BCUT2D eigenvalue weighted by molar-refractivity contribution is -0.163. The molecule has 0 bridgehead atoms. The largest absolute Gasteiger partial charge is 0.458 e. The monoisotopic (exact) mass is 341 g/mol. The van der Waals surface area contributed by atoms with E-state index in [1.165, 1.54) is 0 Å². The van der Waals surface area contributed by atoms with E-state index in [0.29, 0.717) is 19.4 Å². The van der Waals surface area contributed by atoms with Crippen molar-refractivity contribution in [2.45, 2.75) is 64.2 Å². The summed E-state index contributed by atoms with van der Waals surface area (Å²) in [6.45, 7) is 6.94. The van der Waals surface area contributed by atoms with Gasteiger partial charge in [-0.1, -0.05) is 0 Å². The van der Waals surface area contributed by atoms with E-state index in [-0.39, 0.29) is 24.7 Å². The van der Waals surface area contributed by atoms with E-state index in [0.717, 1.165) is 25.7 Å². The zero-order valence-electron chi connectivity index (χ0n) is 15.6. The Morgan fingerprint density at radius 3 is 2.12 bits per heavy atom. The highest BCUT2D eigenvalue weighted by atomic mass is 16.6. The molecule has 2 rings (SSSR count). The van der Waals surface area contributed by atoms with Crippen molar-refractivity contribution in [1.29, 1.82) is 0 Å². The Labute approximate surface area is 144 Å². The van der Waals surface area contributed by atoms with Crippen LogP contribution in [0.4, 0.5) is 4.79 Å². The average Bonchev–Trinajstić information content (AvgIpc) is 2.49. The summed E-state index contributed by atoms with van der Waals surface area (Å²) in [7, 11) is 3.67. The molecule has 0 aromatic rings. The fraction of sp³-hybridized carbons (Fsp3) is 0.882. The van der Waals surface area contributed by atoms with Gasteiger partial charge in [0.05, 0.1) is 19.4 Å². The van der Waals surface area contributed by atoms with E-state index >= 15 is 0 Å². The highest BCUT2D eigenvalue weighted by Crippen LogP contribution is 2.26. The molecule has 0 radical (unpaired) electrons. The van der Waals surface area contributed by atoms with E-state index in [4.69, 9.17) is 9.47 Å². The van der Waals surface area contributed by atoms with Crippen LogP contribution in [0.15, 0.2) is 0 Å². The Hall–Kier alpha value is -1.34. The van der Waals surface area contributed by atoms with Crippen molar-refractivity contribution in [2.24, 2.45) is 0 Å². The van der Waals surface area contributed by atoms with Gasteiger partial charge in [-0.15, -0.1) is 0 Å². The van der Waals surface area contributed by atoms with Gasteiger partial charge in [-0.3, -0.25) is 4.90 Å². The third kappa shape index (κ3) is 5.34. The molecule has 7 nitrogen and oxygen atoms in total. The van der Waals surface area contributed by atoms with Crippen molar-refractivity contribution in [2.75, 3.05) is 34.0 Å². The van der Waals surface area contributed by atoms with Crippen LogP contribution < -0.4 is 0 Å². The molecular weight excluding hydrogens is 310 g/mol. The molecular formula is C17H31N3O4. The molecule has 1 saturated carbocycles. The van der Waals surface area contributed by atoms with Crippen LogP contribution in [0.5, 0.6) is 0 Å². The molecule has 1 saturated heterocycles. The summed E-state index contributed by atoms with van der Waals surface area (Å²) in [4.78, 5) is 29.4. The summed E-state index contributed by atoms with van der Waals surface area (Å²) in [5.74, 6) is -0.303. The number of amides is 2. The number of carbonyl (C=O) groups is 2. The van der Waals surface area contributed by atoms with Gasteiger partial charge in [0.2, 0.25) is 0 Å². The fourth-order valence-corrected chi connectivity index (χ4v) is 3.37. The molecule has 0 aromatic heterocycles. The molecule has 138 valence electrons. The summed E-state index contributed by atoms with van der Waals surface area (Å²) in [5, 5.41) is 0. The maximum atomic E-state index is 11.8. The Morgan fingerprint density at radius 1 is 1.08 bits per heavy atom. The van der Waals surface area contributed by atoms with E-state index in [1.54, 1.807) is 9.80 Å². The molecule has 0 aromatic carbocycles. The van der Waals surface area contributed by atoms with Gasteiger partial charge in [0.1, 0.15) is 12.2 Å². The lowest BCUT2D eigenvalue weighted by Gasteiger charge is -2.44. The van der Waals surface area contributed by atoms with Gasteiger partial charge < -0.3 is 19.3 Å². The van der Waals surface area contributed by atoms with Crippen LogP contribution in [0.25, 0.3) is 0 Å². The van der Waals surface area contributed by atoms with Crippen molar-refractivity contribution < 1.29 is 19.1 Å². The quantitative estimate of drug-likeness (QED) is 0.731. The number of hydrogen-bond donors (Lipinski definition) is 0.